The van der Waals surface area contributed by atoms with E-state index in [4.69, 9.17) is 5.11 Å². The van der Waals surface area contributed by atoms with Crippen LogP contribution in [0.15, 0.2) is 18.2 Å². The molecule has 0 aliphatic carbocycles. The Morgan fingerprint density at radius 2 is 2.09 bits per heavy atom. The molecular formula is C14H19FN2O4S. The van der Waals surface area contributed by atoms with Gasteiger partial charge in [-0.1, -0.05) is 6.07 Å². The number of hydrogen-bond donors (Lipinski definition) is 1. The van der Waals surface area contributed by atoms with Gasteiger partial charge in [0.1, 0.15) is 5.82 Å². The Hall–Kier alpha value is -1.51. The van der Waals surface area contributed by atoms with Crippen LogP contribution in [0.25, 0.3) is 0 Å². The fraction of sp³-hybridized carbons (Fsp3) is 0.500. The molecule has 122 valence electrons. The largest absolute Gasteiger partial charge is 0.478 e. The summed E-state index contributed by atoms with van der Waals surface area (Å²) in [5, 5.41) is 8.82. The van der Waals surface area contributed by atoms with Crippen molar-refractivity contribution < 1.29 is 22.7 Å². The maximum absolute atomic E-state index is 13.9. The van der Waals surface area contributed by atoms with Gasteiger partial charge < -0.3 is 5.11 Å². The summed E-state index contributed by atoms with van der Waals surface area (Å²) < 4.78 is 38.6. The predicted octanol–water partition coefficient (Wildman–Crippen LogP) is 0.990. The standard InChI is InChI=1S/C14H19FN2O4S/c1-10-8-16(5-6-17(10)22(2,20)21)9-12-4-3-11(14(18)19)7-13(12)15/h3-4,7,10H,5-6,8-9H2,1-2H3,(H,18,19)/t10-/m1/s1. The number of halogens is 1. The van der Waals surface area contributed by atoms with Gasteiger partial charge >= 0.3 is 5.97 Å². The number of benzene rings is 1. The highest BCUT2D eigenvalue weighted by molar-refractivity contribution is 7.88. The van der Waals surface area contributed by atoms with Crippen molar-refractivity contribution in [3.63, 3.8) is 0 Å². The van der Waals surface area contributed by atoms with Gasteiger partial charge in [0.05, 0.1) is 11.8 Å². The summed E-state index contributed by atoms with van der Waals surface area (Å²) in [5.41, 5.74) is 0.321. The Morgan fingerprint density at radius 3 is 2.59 bits per heavy atom. The van der Waals surface area contributed by atoms with Crippen LogP contribution in [0.1, 0.15) is 22.8 Å². The minimum Gasteiger partial charge on any atom is -0.478 e. The van der Waals surface area contributed by atoms with Crippen molar-refractivity contribution in [2.24, 2.45) is 0 Å². The second-order valence-electron chi connectivity index (χ2n) is 5.57. The summed E-state index contributed by atoms with van der Waals surface area (Å²) >= 11 is 0. The Bertz CT molecular complexity index is 677. The molecule has 1 saturated heterocycles. The van der Waals surface area contributed by atoms with Gasteiger partial charge in [0.15, 0.2) is 0 Å². The van der Waals surface area contributed by atoms with E-state index in [0.717, 1.165) is 6.07 Å². The average molecular weight is 330 g/mol. The molecule has 1 aliphatic rings. The molecule has 1 atom stereocenters. The molecule has 1 aliphatic heterocycles. The van der Waals surface area contributed by atoms with Gasteiger partial charge in [-0.3, -0.25) is 4.90 Å². The van der Waals surface area contributed by atoms with Crippen molar-refractivity contribution in [1.29, 1.82) is 0 Å². The molecule has 1 aromatic rings. The molecule has 22 heavy (non-hydrogen) atoms. The molecular weight excluding hydrogens is 311 g/mol. The predicted molar refractivity (Wildman–Crippen MR) is 79.6 cm³/mol. The zero-order valence-electron chi connectivity index (χ0n) is 12.5. The Kier molecular flexibility index (Phi) is 4.84. The first-order chi connectivity index (χ1) is 10.2. The fourth-order valence-electron chi connectivity index (χ4n) is 2.70. The quantitative estimate of drug-likeness (QED) is 0.891. The fourth-order valence-corrected chi connectivity index (χ4v) is 3.84. The summed E-state index contributed by atoms with van der Waals surface area (Å²) in [6.07, 6.45) is 1.18. The highest BCUT2D eigenvalue weighted by atomic mass is 32.2. The van der Waals surface area contributed by atoms with Crippen LogP contribution in [0.2, 0.25) is 0 Å². The number of carbonyl (C=O) groups is 1. The van der Waals surface area contributed by atoms with Crippen molar-refractivity contribution >= 4 is 16.0 Å². The third-order valence-corrected chi connectivity index (χ3v) is 5.17. The minimum absolute atomic E-state index is 0.0866. The lowest BCUT2D eigenvalue weighted by molar-refractivity contribution is 0.0696. The van der Waals surface area contributed by atoms with E-state index in [2.05, 4.69) is 0 Å². The molecule has 0 unspecified atom stereocenters. The molecule has 0 radical (unpaired) electrons. The topological polar surface area (TPSA) is 77.9 Å². The summed E-state index contributed by atoms with van der Waals surface area (Å²) in [6.45, 7) is 3.53. The normalized spacial score (nSPS) is 21.0. The van der Waals surface area contributed by atoms with E-state index in [9.17, 15) is 17.6 Å². The summed E-state index contributed by atoms with van der Waals surface area (Å²) in [5.74, 6) is -1.72. The summed E-state index contributed by atoms with van der Waals surface area (Å²) in [4.78, 5) is 12.8. The van der Waals surface area contributed by atoms with Crippen LogP contribution in [0, 0.1) is 5.82 Å². The highest BCUT2D eigenvalue weighted by Gasteiger charge is 2.29. The molecule has 8 heteroatoms. The second kappa shape index (κ2) is 6.31. The molecule has 1 aromatic carbocycles. The van der Waals surface area contributed by atoms with Crippen molar-refractivity contribution in [3.05, 3.63) is 35.1 Å². The van der Waals surface area contributed by atoms with E-state index < -0.39 is 21.8 Å². The maximum Gasteiger partial charge on any atom is 0.335 e. The molecule has 0 bridgehead atoms. The van der Waals surface area contributed by atoms with Gasteiger partial charge in [-0.05, 0) is 19.1 Å². The minimum atomic E-state index is -3.23. The van der Waals surface area contributed by atoms with Crippen molar-refractivity contribution in [2.45, 2.75) is 19.5 Å². The average Bonchev–Trinajstić information content (AvgIpc) is 2.39. The summed E-state index contributed by atoms with van der Waals surface area (Å²) in [6, 6.07) is 3.67. The Morgan fingerprint density at radius 1 is 1.41 bits per heavy atom. The van der Waals surface area contributed by atoms with E-state index in [1.54, 1.807) is 0 Å². The number of nitrogens with zero attached hydrogens (tertiary/aromatic N) is 2. The number of hydrogen-bond acceptors (Lipinski definition) is 4. The molecule has 1 heterocycles. The van der Waals surface area contributed by atoms with Crippen LogP contribution in [0.5, 0.6) is 0 Å². The molecule has 0 amide bonds. The molecule has 1 fully saturated rings. The van der Waals surface area contributed by atoms with Gasteiger partial charge in [-0.15, -0.1) is 0 Å². The third kappa shape index (κ3) is 3.82. The van der Waals surface area contributed by atoms with Crippen LogP contribution < -0.4 is 0 Å². The van der Waals surface area contributed by atoms with Crippen molar-refractivity contribution in [2.75, 3.05) is 25.9 Å². The van der Waals surface area contributed by atoms with Crippen LogP contribution in [0.3, 0.4) is 0 Å². The lowest BCUT2D eigenvalue weighted by Crippen LogP contribution is -2.53. The maximum atomic E-state index is 13.9. The first kappa shape index (κ1) is 16.9. The molecule has 0 saturated carbocycles. The SMILES string of the molecule is C[C@@H]1CN(Cc2ccc(C(=O)O)cc2F)CCN1S(C)(=O)=O. The number of piperazine rings is 1. The lowest BCUT2D eigenvalue weighted by Gasteiger charge is -2.38. The van der Waals surface area contributed by atoms with Crippen LogP contribution in [0.4, 0.5) is 4.39 Å². The van der Waals surface area contributed by atoms with Gasteiger partial charge in [-0.25, -0.2) is 17.6 Å². The Balaban J connectivity index is 2.06. The van der Waals surface area contributed by atoms with E-state index in [-0.39, 0.29) is 11.6 Å². The second-order valence-corrected chi connectivity index (χ2v) is 7.50. The monoisotopic (exact) mass is 330 g/mol. The van der Waals surface area contributed by atoms with Gasteiger partial charge in [0.25, 0.3) is 0 Å². The number of aromatic carboxylic acids is 1. The van der Waals surface area contributed by atoms with Crippen LogP contribution in [-0.4, -0.2) is 60.6 Å². The first-order valence-electron chi connectivity index (χ1n) is 6.89. The van der Waals surface area contributed by atoms with Gasteiger partial charge in [0, 0.05) is 37.8 Å². The third-order valence-electron chi connectivity index (χ3n) is 3.77. The zero-order valence-corrected chi connectivity index (χ0v) is 13.3. The van der Waals surface area contributed by atoms with E-state index in [0.29, 0.717) is 31.7 Å². The molecule has 2 rings (SSSR count). The molecule has 6 nitrogen and oxygen atoms in total. The highest BCUT2D eigenvalue weighted by Crippen LogP contribution is 2.18. The number of rotatable bonds is 4. The number of sulfonamides is 1. The van der Waals surface area contributed by atoms with Crippen molar-refractivity contribution in [3.8, 4) is 0 Å². The van der Waals surface area contributed by atoms with E-state index in [1.165, 1.54) is 22.7 Å². The molecule has 0 spiro atoms. The van der Waals surface area contributed by atoms with Crippen LogP contribution in [-0.2, 0) is 16.6 Å². The summed E-state index contributed by atoms with van der Waals surface area (Å²) in [7, 11) is -3.23. The van der Waals surface area contributed by atoms with E-state index in [1.807, 2.05) is 11.8 Å². The lowest BCUT2D eigenvalue weighted by atomic mass is 10.1. The zero-order chi connectivity index (χ0) is 16.5. The van der Waals surface area contributed by atoms with Gasteiger partial charge in [-0.2, -0.15) is 4.31 Å². The van der Waals surface area contributed by atoms with E-state index >= 15 is 0 Å². The number of carboxylic acids is 1. The molecule has 1 N–H and O–H groups in total. The number of carboxylic acid groups (broad SMARTS) is 1. The van der Waals surface area contributed by atoms with Crippen LogP contribution >= 0.6 is 0 Å². The van der Waals surface area contributed by atoms with Gasteiger partial charge in [0.2, 0.25) is 10.0 Å². The molecule has 0 aromatic heterocycles. The smallest absolute Gasteiger partial charge is 0.335 e. The van der Waals surface area contributed by atoms with Crippen molar-refractivity contribution in [1.82, 2.24) is 9.21 Å². The Labute approximate surface area is 129 Å². The first-order valence-corrected chi connectivity index (χ1v) is 8.74.